The molecule has 0 bridgehead atoms. The van der Waals surface area contributed by atoms with Crippen LogP contribution in [0.3, 0.4) is 0 Å². The Kier molecular flexibility index (Phi) is 11.4. The van der Waals surface area contributed by atoms with Gasteiger partial charge in [0.25, 0.3) is 0 Å². The largest absolute Gasteiger partial charge is 0.457 e. The van der Waals surface area contributed by atoms with E-state index in [1.54, 1.807) is 0 Å². The zero-order valence-electron chi connectivity index (χ0n) is 41.9. The normalized spacial score (nSPS) is 13.8. The highest BCUT2D eigenvalue weighted by atomic mass is 16.5. The first kappa shape index (κ1) is 45.4. The summed E-state index contributed by atoms with van der Waals surface area (Å²) in [5.74, 6) is 1.52. The molecule has 1 aliphatic rings. The lowest BCUT2D eigenvalue weighted by Gasteiger charge is -2.36. The molecule has 0 saturated carbocycles. The second kappa shape index (κ2) is 17.3. The standard InChI is InChI=1S/C64H64N4O/c1-61(2,3)58-59(62(4,5)6)67(52-39-48(63(7,8)46-26-16-12-17-27-46)38-49(40-52)64(9,10)47-28-18-13-19-29-47)43-66(58)51-36-45(44-24-14-11-15-25-44)37-54(42-51)69-53-31-22-30-50(41-53)68-57-34-21-20-32-55(57)56-33-23-35-65-60(56)68/h11-42H,43H2,1-10H3. The number of hydrogen-bond donors (Lipinski definition) is 0. The number of benzene rings is 7. The summed E-state index contributed by atoms with van der Waals surface area (Å²) in [5, 5.41) is 2.30. The summed E-state index contributed by atoms with van der Waals surface area (Å²) in [7, 11) is 0. The van der Waals surface area contributed by atoms with Gasteiger partial charge in [-0.05, 0) is 88.0 Å². The fourth-order valence-corrected chi connectivity index (χ4v) is 10.5. The molecular formula is C64H64N4O. The van der Waals surface area contributed by atoms with Crippen LogP contribution in [0, 0.1) is 10.8 Å². The van der Waals surface area contributed by atoms with Crippen molar-refractivity contribution in [2.75, 3.05) is 16.5 Å². The van der Waals surface area contributed by atoms with Crippen molar-refractivity contribution in [1.29, 1.82) is 0 Å². The lowest BCUT2D eigenvalue weighted by molar-refractivity contribution is 0.444. The lowest BCUT2D eigenvalue weighted by atomic mass is 9.73. The van der Waals surface area contributed by atoms with Gasteiger partial charge in [0.1, 0.15) is 17.1 Å². The molecule has 0 N–H and O–H groups in total. The van der Waals surface area contributed by atoms with Gasteiger partial charge in [0.15, 0.2) is 0 Å². The van der Waals surface area contributed by atoms with E-state index in [4.69, 9.17) is 9.72 Å². The van der Waals surface area contributed by atoms with Crippen molar-refractivity contribution in [1.82, 2.24) is 9.55 Å². The van der Waals surface area contributed by atoms with E-state index >= 15 is 0 Å². The molecule has 5 nitrogen and oxygen atoms in total. The molecule has 1 aliphatic heterocycles. The number of nitrogens with zero attached hydrogens (tertiary/aromatic N) is 4. The first-order valence-electron chi connectivity index (χ1n) is 24.4. The van der Waals surface area contributed by atoms with E-state index in [0.717, 1.165) is 50.6 Å². The monoisotopic (exact) mass is 905 g/mol. The van der Waals surface area contributed by atoms with E-state index in [0.29, 0.717) is 6.67 Å². The number of aromatic nitrogens is 2. The quantitative estimate of drug-likeness (QED) is 0.137. The fourth-order valence-electron chi connectivity index (χ4n) is 10.5. The molecule has 10 rings (SSSR count). The van der Waals surface area contributed by atoms with Crippen molar-refractivity contribution in [2.24, 2.45) is 10.8 Å². The maximum absolute atomic E-state index is 7.03. The molecule has 7 aromatic carbocycles. The van der Waals surface area contributed by atoms with Crippen molar-refractivity contribution >= 4 is 33.3 Å². The Morgan fingerprint density at radius 2 is 0.928 bits per heavy atom. The number of anilines is 2. The molecule has 0 fully saturated rings. The maximum atomic E-state index is 7.03. The molecule has 9 aromatic rings. The summed E-state index contributed by atoms with van der Waals surface area (Å²) in [6, 6.07) is 67.8. The van der Waals surface area contributed by atoms with Gasteiger partial charge in [0.05, 0.1) is 17.9 Å². The van der Waals surface area contributed by atoms with E-state index < -0.39 is 0 Å². The van der Waals surface area contributed by atoms with E-state index in [2.05, 4.69) is 260 Å². The lowest BCUT2D eigenvalue weighted by Crippen LogP contribution is -2.32. The number of rotatable bonds is 10. The highest BCUT2D eigenvalue weighted by Gasteiger charge is 2.43. The van der Waals surface area contributed by atoms with Crippen LogP contribution in [0.5, 0.6) is 11.5 Å². The molecule has 5 heteroatoms. The second-order valence-electron chi connectivity index (χ2n) is 21.9. The van der Waals surface area contributed by atoms with E-state index in [1.807, 2.05) is 18.3 Å². The van der Waals surface area contributed by atoms with Gasteiger partial charge >= 0.3 is 0 Å². The SMILES string of the molecule is CC(C)(C)C1=C(C(C)(C)C)N(c2cc(C(C)(C)c3ccccc3)cc(C(C)(C)c3ccccc3)c2)CN1c1cc(Oc2cccc(-n3c4ccccc4c4cccnc43)c2)cc(-c2ccccc2)c1. The van der Waals surface area contributed by atoms with Gasteiger partial charge < -0.3 is 14.5 Å². The number of allylic oxidation sites excluding steroid dienone is 2. The number of hydrogen-bond acceptors (Lipinski definition) is 4. The number of para-hydroxylation sites is 1. The average molecular weight is 905 g/mol. The maximum Gasteiger partial charge on any atom is 0.145 e. The van der Waals surface area contributed by atoms with Gasteiger partial charge in [-0.1, -0.05) is 191 Å². The minimum Gasteiger partial charge on any atom is -0.457 e. The summed E-state index contributed by atoms with van der Waals surface area (Å²) < 4.78 is 9.27. The third-order valence-electron chi connectivity index (χ3n) is 14.2. The summed E-state index contributed by atoms with van der Waals surface area (Å²) in [5.41, 5.74) is 14.3. The Morgan fingerprint density at radius 3 is 1.52 bits per heavy atom. The predicted octanol–water partition coefficient (Wildman–Crippen LogP) is 16.9. The highest BCUT2D eigenvalue weighted by molar-refractivity contribution is 6.07. The minimum absolute atomic E-state index is 0.212. The van der Waals surface area contributed by atoms with Crippen LogP contribution in [0.25, 0.3) is 38.8 Å². The van der Waals surface area contributed by atoms with Crippen molar-refractivity contribution in [3.63, 3.8) is 0 Å². The first-order valence-corrected chi connectivity index (χ1v) is 24.4. The van der Waals surface area contributed by atoms with Crippen molar-refractivity contribution < 1.29 is 4.74 Å². The number of ether oxygens (including phenoxy) is 1. The minimum atomic E-state index is -0.262. The van der Waals surface area contributed by atoms with Crippen LogP contribution < -0.4 is 14.5 Å². The topological polar surface area (TPSA) is 33.5 Å². The molecule has 3 heterocycles. The number of pyridine rings is 1. The average Bonchev–Trinajstić information content (AvgIpc) is 3.94. The van der Waals surface area contributed by atoms with Crippen LogP contribution in [0.4, 0.5) is 11.4 Å². The van der Waals surface area contributed by atoms with Gasteiger partial charge in [-0.25, -0.2) is 4.98 Å². The zero-order valence-corrected chi connectivity index (χ0v) is 41.9. The third kappa shape index (κ3) is 8.50. The molecule has 2 aromatic heterocycles. The Morgan fingerprint density at radius 1 is 0.406 bits per heavy atom. The van der Waals surface area contributed by atoms with Crippen LogP contribution in [-0.4, -0.2) is 16.2 Å². The zero-order chi connectivity index (χ0) is 48.3. The molecular weight excluding hydrogens is 841 g/mol. The molecule has 0 saturated heterocycles. The molecule has 69 heavy (non-hydrogen) atoms. The fraction of sp³-hybridized carbons (Fsp3) is 0.234. The highest BCUT2D eigenvalue weighted by Crippen LogP contribution is 2.50. The van der Waals surface area contributed by atoms with Crippen molar-refractivity contribution in [3.8, 4) is 28.3 Å². The van der Waals surface area contributed by atoms with Crippen LogP contribution in [-0.2, 0) is 10.8 Å². The smallest absolute Gasteiger partial charge is 0.145 e. The van der Waals surface area contributed by atoms with E-state index in [1.165, 1.54) is 44.7 Å². The predicted molar refractivity (Wildman–Crippen MR) is 290 cm³/mol. The van der Waals surface area contributed by atoms with Crippen molar-refractivity contribution in [2.45, 2.75) is 80.1 Å². The Bertz CT molecular complexity index is 3230. The van der Waals surface area contributed by atoms with Gasteiger partial charge in [0, 0.05) is 73.5 Å². The van der Waals surface area contributed by atoms with Crippen LogP contribution in [0.1, 0.15) is 91.5 Å². The van der Waals surface area contributed by atoms with Gasteiger partial charge in [-0.15, -0.1) is 0 Å². The Hall–Kier alpha value is -7.37. The molecule has 0 atom stereocenters. The van der Waals surface area contributed by atoms with Crippen molar-refractivity contribution in [3.05, 3.63) is 228 Å². The third-order valence-corrected chi connectivity index (χ3v) is 14.2. The van der Waals surface area contributed by atoms with Gasteiger partial charge in [-0.2, -0.15) is 0 Å². The van der Waals surface area contributed by atoms with Crippen LogP contribution >= 0.6 is 0 Å². The van der Waals surface area contributed by atoms with E-state index in [-0.39, 0.29) is 21.7 Å². The van der Waals surface area contributed by atoms with Gasteiger partial charge in [-0.3, -0.25) is 4.57 Å². The van der Waals surface area contributed by atoms with Gasteiger partial charge in [0.2, 0.25) is 0 Å². The summed E-state index contributed by atoms with van der Waals surface area (Å²) in [6.07, 6.45) is 1.87. The summed E-state index contributed by atoms with van der Waals surface area (Å²) in [6.45, 7) is 24.3. The number of fused-ring (bicyclic) bond motifs is 3. The molecule has 0 unspecified atom stereocenters. The molecule has 346 valence electrons. The second-order valence-corrected chi connectivity index (χ2v) is 21.9. The summed E-state index contributed by atoms with van der Waals surface area (Å²) in [4.78, 5) is 10.0. The Balaban J connectivity index is 1.12. The Labute approximate surface area is 409 Å². The molecule has 0 amide bonds. The van der Waals surface area contributed by atoms with Crippen LogP contribution in [0.15, 0.2) is 206 Å². The first-order chi connectivity index (χ1) is 33.0. The van der Waals surface area contributed by atoms with E-state index in [9.17, 15) is 0 Å². The summed E-state index contributed by atoms with van der Waals surface area (Å²) >= 11 is 0. The molecule has 0 spiro atoms. The molecule has 0 radical (unpaired) electrons. The molecule has 0 aliphatic carbocycles. The van der Waals surface area contributed by atoms with Crippen LogP contribution in [0.2, 0.25) is 0 Å².